The number of rotatable bonds is 9. The van der Waals surface area contributed by atoms with E-state index in [1.807, 2.05) is 0 Å². The molecule has 0 aliphatic heterocycles. The van der Waals surface area contributed by atoms with Gasteiger partial charge in [-0.15, -0.1) is 0 Å². The molecule has 0 aliphatic rings. The molecule has 2 amide bonds. The molecule has 1 N–H and O–H groups in total. The number of carbonyl (C=O) groups excluding carboxylic acids is 2. The molecule has 0 bridgehead atoms. The van der Waals surface area contributed by atoms with Gasteiger partial charge in [0.05, 0.1) is 24.1 Å². The van der Waals surface area contributed by atoms with Crippen LogP contribution in [0.2, 0.25) is 5.02 Å². The summed E-state index contributed by atoms with van der Waals surface area (Å²) in [6.07, 6.45) is 1.000. The van der Waals surface area contributed by atoms with E-state index in [4.69, 9.17) is 16.3 Å². The molecule has 0 aliphatic carbocycles. The van der Waals surface area contributed by atoms with E-state index < -0.39 is 28.5 Å². The monoisotopic (exact) mass is 467 g/mol. The molecule has 0 saturated carbocycles. The van der Waals surface area contributed by atoms with E-state index in [0.29, 0.717) is 5.75 Å². The van der Waals surface area contributed by atoms with Gasteiger partial charge in [0.25, 0.3) is 0 Å². The molecular formula is C21H26ClN3O5S. The van der Waals surface area contributed by atoms with E-state index >= 15 is 0 Å². The highest BCUT2D eigenvalue weighted by atomic mass is 35.5. The first kappa shape index (κ1) is 24.5. The van der Waals surface area contributed by atoms with E-state index in [1.54, 1.807) is 56.5 Å². The number of benzene rings is 2. The van der Waals surface area contributed by atoms with Gasteiger partial charge in [-0.05, 0) is 36.8 Å². The Balaban J connectivity index is 2.37. The van der Waals surface area contributed by atoms with Gasteiger partial charge in [0.2, 0.25) is 21.8 Å². The summed E-state index contributed by atoms with van der Waals surface area (Å²) in [6.45, 7) is 1.19. The number of methoxy groups -OCH3 is 1. The molecule has 8 nitrogen and oxygen atoms in total. The number of carbonyl (C=O) groups is 2. The lowest BCUT2D eigenvalue weighted by molar-refractivity contribution is -0.139. The molecule has 0 aromatic heterocycles. The van der Waals surface area contributed by atoms with E-state index in [9.17, 15) is 18.0 Å². The third kappa shape index (κ3) is 6.35. The Hall–Kier alpha value is -2.78. The van der Waals surface area contributed by atoms with Crippen molar-refractivity contribution in [2.24, 2.45) is 0 Å². The summed E-state index contributed by atoms with van der Waals surface area (Å²) in [7, 11) is -0.796. The van der Waals surface area contributed by atoms with Crippen LogP contribution in [-0.4, -0.2) is 58.1 Å². The fraction of sp³-hybridized carbons (Fsp3) is 0.333. The zero-order valence-electron chi connectivity index (χ0n) is 17.8. The number of nitrogens with zero attached hydrogens (tertiary/aromatic N) is 2. The van der Waals surface area contributed by atoms with Gasteiger partial charge in [-0.3, -0.25) is 13.9 Å². The predicted molar refractivity (Wildman–Crippen MR) is 121 cm³/mol. The largest absolute Gasteiger partial charge is 0.497 e. The quantitative estimate of drug-likeness (QED) is 0.610. The first-order valence-electron chi connectivity index (χ1n) is 9.44. The Kier molecular flexibility index (Phi) is 8.29. The highest BCUT2D eigenvalue weighted by molar-refractivity contribution is 7.92. The van der Waals surface area contributed by atoms with Crippen molar-refractivity contribution in [1.82, 2.24) is 10.2 Å². The number of hydrogen-bond donors (Lipinski definition) is 1. The Morgan fingerprint density at radius 2 is 1.74 bits per heavy atom. The van der Waals surface area contributed by atoms with Crippen molar-refractivity contribution >= 4 is 39.1 Å². The second kappa shape index (κ2) is 10.5. The van der Waals surface area contributed by atoms with Crippen molar-refractivity contribution in [2.75, 3.05) is 31.3 Å². The lowest BCUT2D eigenvalue weighted by atomic mass is 10.1. The third-order valence-corrected chi connectivity index (χ3v) is 6.17. The van der Waals surface area contributed by atoms with Gasteiger partial charge in [0.15, 0.2) is 0 Å². The average Bonchev–Trinajstić information content (AvgIpc) is 2.74. The summed E-state index contributed by atoms with van der Waals surface area (Å²) in [6, 6.07) is 12.6. The van der Waals surface area contributed by atoms with Gasteiger partial charge in [-0.1, -0.05) is 35.9 Å². The molecule has 0 spiro atoms. The molecule has 168 valence electrons. The molecular weight excluding hydrogens is 442 g/mol. The molecule has 2 rings (SSSR count). The number of likely N-dealkylation sites (N-methyl/N-ethyl adjacent to an activating group) is 1. The summed E-state index contributed by atoms with van der Waals surface area (Å²) in [5.74, 6) is -0.259. The zero-order chi connectivity index (χ0) is 23.2. The van der Waals surface area contributed by atoms with Crippen molar-refractivity contribution in [2.45, 2.75) is 19.5 Å². The minimum Gasteiger partial charge on any atom is -0.497 e. The molecule has 2 aromatic rings. The normalized spacial score (nSPS) is 12.0. The maximum atomic E-state index is 13.2. The van der Waals surface area contributed by atoms with Crippen molar-refractivity contribution in [3.05, 3.63) is 59.1 Å². The second-order valence-electron chi connectivity index (χ2n) is 6.88. The van der Waals surface area contributed by atoms with Crippen LogP contribution < -0.4 is 14.4 Å². The van der Waals surface area contributed by atoms with E-state index in [1.165, 1.54) is 18.0 Å². The van der Waals surface area contributed by atoms with Gasteiger partial charge in [0, 0.05) is 13.6 Å². The maximum Gasteiger partial charge on any atom is 0.244 e. The first-order chi connectivity index (χ1) is 14.6. The molecule has 0 saturated heterocycles. The molecule has 1 atom stereocenters. The highest BCUT2D eigenvalue weighted by Gasteiger charge is 2.30. The number of hydrogen-bond acceptors (Lipinski definition) is 5. The van der Waals surface area contributed by atoms with Crippen LogP contribution in [0.3, 0.4) is 0 Å². The van der Waals surface area contributed by atoms with Crippen LogP contribution in [0.1, 0.15) is 12.5 Å². The van der Waals surface area contributed by atoms with Gasteiger partial charge in [0.1, 0.15) is 18.3 Å². The van der Waals surface area contributed by atoms with Crippen molar-refractivity contribution in [1.29, 1.82) is 0 Å². The summed E-state index contributed by atoms with van der Waals surface area (Å²) in [4.78, 5) is 26.9. The van der Waals surface area contributed by atoms with Crippen LogP contribution in [0.4, 0.5) is 5.69 Å². The van der Waals surface area contributed by atoms with Crippen LogP contribution in [0.15, 0.2) is 48.5 Å². The molecule has 0 unspecified atom stereocenters. The SMILES string of the molecule is CNC(=O)[C@H](C)N(Cc1ccc(OC)cc1)C(=O)CN(c1ccccc1Cl)S(C)(=O)=O. The summed E-state index contributed by atoms with van der Waals surface area (Å²) >= 11 is 6.17. The van der Waals surface area contributed by atoms with Gasteiger partial charge in [-0.2, -0.15) is 0 Å². The van der Waals surface area contributed by atoms with Crippen molar-refractivity contribution < 1.29 is 22.7 Å². The van der Waals surface area contributed by atoms with E-state index in [0.717, 1.165) is 16.1 Å². The Morgan fingerprint density at radius 1 is 1.13 bits per heavy atom. The lowest BCUT2D eigenvalue weighted by Crippen LogP contribution is -2.50. The van der Waals surface area contributed by atoms with Crippen LogP contribution in [-0.2, 0) is 26.2 Å². The minimum absolute atomic E-state index is 0.109. The molecule has 0 fully saturated rings. The van der Waals surface area contributed by atoms with Gasteiger partial charge >= 0.3 is 0 Å². The van der Waals surface area contributed by atoms with Crippen LogP contribution in [0.25, 0.3) is 0 Å². The average molecular weight is 468 g/mol. The first-order valence-corrected chi connectivity index (χ1v) is 11.7. The number of amides is 2. The highest BCUT2D eigenvalue weighted by Crippen LogP contribution is 2.27. The number of halogens is 1. The van der Waals surface area contributed by atoms with Crippen LogP contribution in [0.5, 0.6) is 5.75 Å². The molecule has 0 radical (unpaired) electrons. The molecule has 2 aromatic carbocycles. The third-order valence-electron chi connectivity index (χ3n) is 4.73. The smallest absolute Gasteiger partial charge is 0.244 e. The second-order valence-corrected chi connectivity index (χ2v) is 9.19. The minimum atomic E-state index is -3.82. The molecule has 0 heterocycles. The van der Waals surface area contributed by atoms with Crippen molar-refractivity contribution in [3.63, 3.8) is 0 Å². The lowest BCUT2D eigenvalue weighted by Gasteiger charge is -2.31. The fourth-order valence-corrected chi connectivity index (χ4v) is 4.12. The Bertz CT molecular complexity index is 1030. The zero-order valence-corrected chi connectivity index (χ0v) is 19.4. The number of para-hydroxylation sites is 1. The van der Waals surface area contributed by atoms with Gasteiger partial charge in [-0.25, -0.2) is 8.42 Å². The fourth-order valence-electron chi connectivity index (χ4n) is 2.97. The topological polar surface area (TPSA) is 96.0 Å². The summed E-state index contributed by atoms with van der Waals surface area (Å²) < 4.78 is 31.0. The van der Waals surface area contributed by atoms with E-state index in [2.05, 4.69) is 5.32 Å². The maximum absolute atomic E-state index is 13.2. The number of sulfonamides is 1. The van der Waals surface area contributed by atoms with Gasteiger partial charge < -0.3 is 15.0 Å². The van der Waals surface area contributed by atoms with Crippen LogP contribution >= 0.6 is 11.6 Å². The Labute approximate surface area is 187 Å². The summed E-state index contributed by atoms with van der Waals surface area (Å²) in [5, 5.41) is 2.72. The van der Waals surface area contributed by atoms with E-state index in [-0.39, 0.29) is 23.2 Å². The Morgan fingerprint density at radius 3 is 2.26 bits per heavy atom. The number of ether oxygens (including phenoxy) is 1. The molecule has 31 heavy (non-hydrogen) atoms. The number of nitrogens with one attached hydrogen (secondary N) is 1. The standard InChI is InChI=1S/C21H26ClN3O5S/c1-15(21(27)23-2)24(13-16-9-11-17(30-3)12-10-16)20(26)14-25(31(4,28)29)19-8-6-5-7-18(19)22/h5-12,15H,13-14H2,1-4H3,(H,23,27)/t15-/m0/s1. The summed E-state index contributed by atoms with van der Waals surface area (Å²) in [5.41, 5.74) is 0.950. The van der Waals surface area contributed by atoms with Crippen LogP contribution in [0, 0.1) is 0 Å². The predicted octanol–water partition coefficient (Wildman–Crippen LogP) is 2.28. The van der Waals surface area contributed by atoms with Crippen molar-refractivity contribution in [3.8, 4) is 5.75 Å². The number of anilines is 1. The molecule has 10 heteroatoms.